The average Bonchev–Trinajstić information content (AvgIpc) is 2.84. The molecule has 0 radical (unpaired) electrons. The number of benzene rings is 1. The molecule has 0 spiro atoms. The maximum Gasteiger partial charge on any atom is 0.416 e. The summed E-state index contributed by atoms with van der Waals surface area (Å²) in [4.78, 5) is 15.4. The molecule has 1 fully saturated rings. The SMILES string of the molecule is FC(F)(F)c1cccc(CNc2nc(N/N=C/C3C=CC=CC3)nc(N3CCCCC3)n2)c1. The Bertz CT molecular complexity index is 1030. The van der Waals surface area contributed by atoms with E-state index in [0.717, 1.165) is 44.5 Å². The first kappa shape index (κ1) is 22.8. The number of halogens is 3. The maximum atomic E-state index is 13.0. The van der Waals surface area contributed by atoms with E-state index in [1.54, 1.807) is 12.3 Å². The molecule has 0 amide bonds. The van der Waals surface area contributed by atoms with E-state index in [0.29, 0.717) is 11.5 Å². The Labute approximate surface area is 190 Å². The molecule has 1 saturated heterocycles. The first-order valence-electron chi connectivity index (χ1n) is 11.0. The number of hydrazone groups is 1. The van der Waals surface area contributed by atoms with Crippen molar-refractivity contribution < 1.29 is 13.2 Å². The topological polar surface area (TPSA) is 78.3 Å². The molecule has 174 valence electrons. The zero-order valence-electron chi connectivity index (χ0n) is 18.1. The van der Waals surface area contributed by atoms with Crippen LogP contribution < -0.4 is 15.6 Å². The summed E-state index contributed by atoms with van der Waals surface area (Å²) in [6.45, 7) is 1.84. The van der Waals surface area contributed by atoms with Crippen molar-refractivity contribution >= 4 is 24.1 Å². The van der Waals surface area contributed by atoms with E-state index in [2.05, 4.69) is 47.8 Å². The highest BCUT2D eigenvalue weighted by atomic mass is 19.4. The number of hydrogen-bond donors (Lipinski definition) is 2. The lowest BCUT2D eigenvalue weighted by molar-refractivity contribution is -0.137. The molecule has 1 aromatic heterocycles. The summed E-state index contributed by atoms with van der Waals surface area (Å²) in [5, 5.41) is 7.30. The summed E-state index contributed by atoms with van der Waals surface area (Å²) in [5.74, 6) is 1.28. The number of alkyl halides is 3. The van der Waals surface area contributed by atoms with Crippen LogP contribution in [0.25, 0.3) is 0 Å². The van der Waals surface area contributed by atoms with Gasteiger partial charge in [-0.15, -0.1) is 0 Å². The second kappa shape index (κ2) is 10.5. The molecule has 4 rings (SSSR count). The van der Waals surface area contributed by atoms with Gasteiger partial charge in [0.25, 0.3) is 0 Å². The predicted octanol–water partition coefficient (Wildman–Crippen LogP) is 5.02. The van der Waals surface area contributed by atoms with Gasteiger partial charge in [0.2, 0.25) is 17.8 Å². The van der Waals surface area contributed by atoms with Crippen molar-refractivity contribution in [3.63, 3.8) is 0 Å². The second-order valence-electron chi connectivity index (χ2n) is 7.98. The lowest BCUT2D eigenvalue weighted by Crippen LogP contribution is -2.31. The monoisotopic (exact) mass is 457 g/mol. The van der Waals surface area contributed by atoms with E-state index >= 15 is 0 Å². The largest absolute Gasteiger partial charge is 0.416 e. The molecule has 0 saturated carbocycles. The Morgan fingerprint density at radius 1 is 1.06 bits per heavy atom. The van der Waals surface area contributed by atoms with Gasteiger partial charge in [0, 0.05) is 31.8 Å². The van der Waals surface area contributed by atoms with E-state index < -0.39 is 11.7 Å². The molecule has 2 aromatic rings. The lowest BCUT2D eigenvalue weighted by Gasteiger charge is -2.26. The quantitative estimate of drug-likeness (QED) is 0.449. The first-order valence-corrected chi connectivity index (χ1v) is 11.0. The van der Waals surface area contributed by atoms with Crippen LogP contribution in [0.5, 0.6) is 0 Å². The highest BCUT2D eigenvalue weighted by Gasteiger charge is 2.30. The summed E-state index contributed by atoms with van der Waals surface area (Å²) >= 11 is 0. The van der Waals surface area contributed by atoms with Crippen molar-refractivity contribution in [3.8, 4) is 0 Å². The van der Waals surface area contributed by atoms with Crippen LogP contribution in [0.15, 0.2) is 53.7 Å². The Morgan fingerprint density at radius 2 is 1.88 bits per heavy atom. The zero-order chi connectivity index (χ0) is 23.1. The van der Waals surface area contributed by atoms with Gasteiger partial charge < -0.3 is 10.2 Å². The highest BCUT2D eigenvalue weighted by molar-refractivity contribution is 5.65. The Hall–Kier alpha value is -3.43. The number of rotatable bonds is 7. The number of allylic oxidation sites excluding steroid dienone is 4. The van der Waals surface area contributed by atoms with Gasteiger partial charge in [0.05, 0.1) is 5.56 Å². The lowest BCUT2D eigenvalue weighted by atomic mass is 10.0. The third-order valence-electron chi connectivity index (χ3n) is 5.41. The van der Waals surface area contributed by atoms with Crippen molar-refractivity contribution in [3.05, 3.63) is 59.7 Å². The van der Waals surface area contributed by atoms with Crippen LogP contribution in [-0.2, 0) is 12.7 Å². The minimum atomic E-state index is -4.39. The molecule has 7 nitrogen and oxygen atoms in total. The van der Waals surface area contributed by atoms with Gasteiger partial charge in [-0.1, -0.05) is 36.4 Å². The predicted molar refractivity (Wildman–Crippen MR) is 123 cm³/mol. The number of piperidine rings is 1. The minimum Gasteiger partial charge on any atom is -0.350 e. The number of nitrogens with one attached hydrogen (secondary N) is 2. The third kappa shape index (κ3) is 6.53. The molecule has 2 heterocycles. The third-order valence-corrected chi connectivity index (χ3v) is 5.41. The number of nitrogens with zero attached hydrogens (tertiary/aromatic N) is 5. The van der Waals surface area contributed by atoms with Gasteiger partial charge in [-0.3, -0.25) is 0 Å². The maximum absolute atomic E-state index is 13.0. The van der Waals surface area contributed by atoms with Crippen molar-refractivity contribution in [1.29, 1.82) is 0 Å². The van der Waals surface area contributed by atoms with Crippen LogP contribution in [0.3, 0.4) is 0 Å². The van der Waals surface area contributed by atoms with E-state index in [4.69, 9.17) is 0 Å². The van der Waals surface area contributed by atoms with Crippen molar-refractivity contribution in [2.24, 2.45) is 11.0 Å². The molecule has 33 heavy (non-hydrogen) atoms. The molecule has 1 aromatic carbocycles. The van der Waals surface area contributed by atoms with Crippen molar-refractivity contribution in [2.75, 3.05) is 28.7 Å². The van der Waals surface area contributed by atoms with Gasteiger partial charge in [0.1, 0.15) is 0 Å². The van der Waals surface area contributed by atoms with Crippen LogP contribution in [0.2, 0.25) is 0 Å². The van der Waals surface area contributed by atoms with Crippen LogP contribution in [0, 0.1) is 5.92 Å². The Kier molecular flexibility index (Phi) is 7.21. The Balaban J connectivity index is 1.49. The smallest absolute Gasteiger partial charge is 0.350 e. The molecule has 1 atom stereocenters. The van der Waals surface area contributed by atoms with Gasteiger partial charge in [-0.2, -0.15) is 33.2 Å². The fourth-order valence-corrected chi connectivity index (χ4v) is 3.67. The van der Waals surface area contributed by atoms with Crippen molar-refractivity contribution in [1.82, 2.24) is 15.0 Å². The molecule has 2 N–H and O–H groups in total. The second-order valence-corrected chi connectivity index (χ2v) is 7.98. The van der Waals surface area contributed by atoms with E-state index in [9.17, 15) is 13.2 Å². The number of aromatic nitrogens is 3. The van der Waals surface area contributed by atoms with Crippen LogP contribution in [0.1, 0.15) is 36.8 Å². The standard InChI is InChI=1S/C23H26F3N7/c24-23(25,26)19-11-7-10-18(14-19)15-27-20-29-21(32-28-16-17-8-3-1-4-9-17)31-22(30-20)33-12-5-2-6-13-33/h1,3-4,7-8,10-11,14,16-17H,2,5-6,9,12-13,15H2,(H2,27,29,30,31,32)/b28-16+. The average molecular weight is 458 g/mol. The minimum absolute atomic E-state index is 0.148. The molecule has 2 aliphatic rings. The highest BCUT2D eigenvalue weighted by Crippen LogP contribution is 2.29. The number of anilines is 3. The zero-order valence-corrected chi connectivity index (χ0v) is 18.1. The van der Waals surface area contributed by atoms with Crippen LogP contribution >= 0.6 is 0 Å². The molecule has 1 aliphatic heterocycles. The summed E-state index contributed by atoms with van der Waals surface area (Å²) in [6.07, 6.45) is 9.67. The fourth-order valence-electron chi connectivity index (χ4n) is 3.67. The molecule has 10 heteroatoms. The van der Waals surface area contributed by atoms with Crippen LogP contribution in [0.4, 0.5) is 31.0 Å². The summed E-state index contributed by atoms with van der Waals surface area (Å²) in [5.41, 5.74) is 2.67. The van der Waals surface area contributed by atoms with E-state index in [1.807, 2.05) is 12.2 Å². The molecule has 1 unspecified atom stereocenters. The van der Waals surface area contributed by atoms with Crippen LogP contribution in [-0.4, -0.2) is 34.3 Å². The summed E-state index contributed by atoms with van der Waals surface area (Å²) in [7, 11) is 0. The summed E-state index contributed by atoms with van der Waals surface area (Å²) in [6, 6.07) is 5.20. The van der Waals surface area contributed by atoms with Gasteiger partial charge in [-0.05, 0) is 43.4 Å². The first-order chi connectivity index (χ1) is 16.0. The molecular formula is C23H26F3N7. The molecule has 1 aliphatic carbocycles. The molecular weight excluding hydrogens is 431 g/mol. The fraction of sp³-hybridized carbons (Fsp3) is 0.391. The number of hydrogen-bond acceptors (Lipinski definition) is 7. The van der Waals surface area contributed by atoms with Gasteiger partial charge >= 0.3 is 6.18 Å². The Morgan fingerprint density at radius 3 is 2.64 bits per heavy atom. The normalized spacial score (nSPS) is 18.6. The van der Waals surface area contributed by atoms with Gasteiger partial charge in [-0.25, -0.2) is 5.43 Å². The van der Waals surface area contributed by atoms with E-state index in [-0.39, 0.29) is 24.4 Å². The van der Waals surface area contributed by atoms with Crippen molar-refractivity contribution in [2.45, 2.75) is 38.4 Å². The summed E-state index contributed by atoms with van der Waals surface area (Å²) < 4.78 is 39.0. The van der Waals surface area contributed by atoms with E-state index in [1.165, 1.54) is 12.5 Å². The molecule has 0 bridgehead atoms. The van der Waals surface area contributed by atoms with Gasteiger partial charge in [0.15, 0.2) is 0 Å².